The monoisotopic (exact) mass is 322 g/mol. The van der Waals surface area contributed by atoms with Gasteiger partial charge in [0.1, 0.15) is 0 Å². The van der Waals surface area contributed by atoms with Crippen LogP contribution in [-0.4, -0.2) is 46.7 Å². The highest BCUT2D eigenvalue weighted by atomic mass is 32.1. The second-order valence-corrected chi connectivity index (χ2v) is 6.81. The van der Waals surface area contributed by atoms with Crippen LogP contribution >= 0.6 is 12.2 Å². The van der Waals surface area contributed by atoms with Crippen LogP contribution in [0.5, 0.6) is 0 Å². The Balaban J connectivity index is 1.91. The van der Waals surface area contributed by atoms with Gasteiger partial charge in [-0.3, -0.25) is 10.1 Å². The molecule has 1 saturated heterocycles. The molecule has 0 aromatic heterocycles. The van der Waals surface area contributed by atoms with Gasteiger partial charge in [-0.25, -0.2) is 0 Å². The van der Waals surface area contributed by atoms with Crippen molar-refractivity contribution in [3.05, 3.63) is 34.4 Å². The number of nitrogens with zero attached hydrogens (tertiary/aromatic N) is 3. The van der Waals surface area contributed by atoms with Gasteiger partial charge in [-0.15, -0.1) is 0 Å². The van der Waals surface area contributed by atoms with E-state index in [1.165, 1.54) is 0 Å². The Kier molecular flexibility index (Phi) is 4.85. The fraction of sp³-hybridized carbons (Fsp3) is 0.533. The maximum Gasteiger partial charge on any atom is 0.269 e. The molecule has 1 aliphatic rings. The third-order valence-electron chi connectivity index (χ3n) is 3.47. The number of nitro groups is 1. The summed E-state index contributed by atoms with van der Waals surface area (Å²) in [4.78, 5) is 14.7. The van der Waals surface area contributed by atoms with Crippen molar-refractivity contribution in [2.75, 3.05) is 31.1 Å². The number of nitrogens with one attached hydrogen (secondary N) is 1. The van der Waals surface area contributed by atoms with E-state index in [-0.39, 0.29) is 16.1 Å². The van der Waals surface area contributed by atoms with Gasteiger partial charge < -0.3 is 15.1 Å². The molecule has 1 aromatic rings. The molecule has 0 bridgehead atoms. The van der Waals surface area contributed by atoms with Gasteiger partial charge in [0.25, 0.3) is 5.69 Å². The first-order valence-electron chi connectivity index (χ1n) is 7.33. The molecule has 2 rings (SSSR count). The zero-order valence-corrected chi connectivity index (χ0v) is 14.0. The number of nitro benzene ring substituents is 1. The van der Waals surface area contributed by atoms with Crippen LogP contribution in [0.25, 0.3) is 0 Å². The van der Waals surface area contributed by atoms with E-state index in [0.717, 1.165) is 37.0 Å². The smallest absolute Gasteiger partial charge is 0.269 e. The number of benzene rings is 1. The van der Waals surface area contributed by atoms with E-state index in [0.29, 0.717) is 0 Å². The molecular formula is C15H22N4O2S. The van der Waals surface area contributed by atoms with E-state index in [4.69, 9.17) is 12.2 Å². The summed E-state index contributed by atoms with van der Waals surface area (Å²) in [5.74, 6) is 0. The minimum atomic E-state index is -0.377. The average molecular weight is 322 g/mol. The van der Waals surface area contributed by atoms with E-state index < -0.39 is 0 Å². The lowest BCUT2D eigenvalue weighted by Gasteiger charge is -2.39. The first-order valence-corrected chi connectivity index (χ1v) is 7.73. The minimum Gasteiger partial charge on any atom is -0.368 e. The van der Waals surface area contributed by atoms with Crippen LogP contribution in [0.15, 0.2) is 24.3 Å². The van der Waals surface area contributed by atoms with E-state index in [1.54, 1.807) is 24.3 Å². The molecule has 0 radical (unpaired) electrons. The molecule has 1 aromatic carbocycles. The van der Waals surface area contributed by atoms with Crippen LogP contribution in [-0.2, 0) is 0 Å². The summed E-state index contributed by atoms with van der Waals surface area (Å²) >= 11 is 5.44. The Morgan fingerprint density at radius 2 is 1.73 bits per heavy atom. The fourth-order valence-electron chi connectivity index (χ4n) is 2.35. The molecule has 1 aliphatic heterocycles. The normalized spacial score (nSPS) is 15.6. The molecule has 0 unspecified atom stereocenters. The van der Waals surface area contributed by atoms with Gasteiger partial charge in [-0.05, 0) is 45.1 Å². The van der Waals surface area contributed by atoms with Crippen LogP contribution in [0.4, 0.5) is 11.4 Å². The number of non-ortho nitro benzene ring substituents is 1. The number of hydrogen-bond acceptors (Lipinski definition) is 4. The molecule has 0 saturated carbocycles. The molecule has 22 heavy (non-hydrogen) atoms. The highest BCUT2D eigenvalue weighted by Crippen LogP contribution is 2.20. The number of anilines is 1. The maximum absolute atomic E-state index is 10.7. The zero-order chi connectivity index (χ0) is 16.3. The summed E-state index contributed by atoms with van der Waals surface area (Å²) in [6.07, 6.45) is 0. The second-order valence-electron chi connectivity index (χ2n) is 6.43. The molecule has 0 amide bonds. The Bertz CT molecular complexity index is 546. The first kappa shape index (κ1) is 16.5. The van der Waals surface area contributed by atoms with Gasteiger partial charge in [0.2, 0.25) is 0 Å². The van der Waals surface area contributed by atoms with E-state index in [1.807, 2.05) is 0 Å². The molecule has 1 N–H and O–H groups in total. The topological polar surface area (TPSA) is 61.6 Å². The second kappa shape index (κ2) is 6.48. The summed E-state index contributed by atoms with van der Waals surface area (Å²) < 4.78 is 0. The van der Waals surface area contributed by atoms with E-state index in [9.17, 15) is 10.1 Å². The van der Waals surface area contributed by atoms with Crippen molar-refractivity contribution < 1.29 is 4.92 Å². The van der Waals surface area contributed by atoms with Crippen LogP contribution in [0.1, 0.15) is 20.8 Å². The van der Waals surface area contributed by atoms with E-state index >= 15 is 0 Å². The number of piperazine rings is 1. The SMILES string of the molecule is CC(C)(C)NC(=S)N1CCN(c2ccc([N+](=O)[O-])cc2)CC1. The van der Waals surface area contributed by atoms with Gasteiger partial charge in [0.05, 0.1) is 4.92 Å². The summed E-state index contributed by atoms with van der Waals surface area (Å²) in [6.45, 7) is 9.66. The summed E-state index contributed by atoms with van der Waals surface area (Å²) in [5.41, 5.74) is 1.10. The van der Waals surface area contributed by atoms with Crippen molar-refractivity contribution in [1.29, 1.82) is 0 Å². The van der Waals surface area contributed by atoms with Crippen molar-refractivity contribution >= 4 is 28.7 Å². The Hall–Kier alpha value is -1.89. The molecule has 6 nitrogen and oxygen atoms in total. The Morgan fingerprint density at radius 1 is 1.18 bits per heavy atom. The minimum absolute atomic E-state index is 0.0351. The summed E-state index contributed by atoms with van der Waals surface area (Å²) in [6, 6.07) is 6.71. The third kappa shape index (κ3) is 4.30. The predicted octanol–water partition coefficient (Wildman–Crippen LogP) is 2.39. The van der Waals surface area contributed by atoms with Crippen molar-refractivity contribution in [1.82, 2.24) is 10.2 Å². The molecule has 0 aliphatic carbocycles. The molecule has 120 valence electrons. The standard InChI is InChI=1S/C15H22N4O2S/c1-15(2,3)16-14(22)18-10-8-17(9-11-18)12-4-6-13(7-5-12)19(20)21/h4-7H,8-11H2,1-3H3,(H,16,22). The number of thiocarbonyl (C=S) groups is 1. The van der Waals surface area contributed by atoms with Gasteiger partial charge in [-0.1, -0.05) is 0 Å². The van der Waals surface area contributed by atoms with E-state index in [2.05, 4.69) is 35.9 Å². The molecule has 0 atom stereocenters. The summed E-state index contributed by atoms with van der Waals surface area (Å²) in [7, 11) is 0. The van der Waals surface area contributed by atoms with Crippen molar-refractivity contribution in [3.8, 4) is 0 Å². The van der Waals surface area contributed by atoms with Gasteiger partial charge >= 0.3 is 0 Å². The molecule has 1 fully saturated rings. The van der Waals surface area contributed by atoms with Crippen LogP contribution < -0.4 is 10.2 Å². The Morgan fingerprint density at radius 3 is 2.18 bits per heavy atom. The molecule has 1 heterocycles. The zero-order valence-electron chi connectivity index (χ0n) is 13.2. The molecule has 7 heteroatoms. The lowest BCUT2D eigenvalue weighted by atomic mass is 10.1. The summed E-state index contributed by atoms with van der Waals surface area (Å²) in [5, 5.41) is 14.8. The third-order valence-corrected chi connectivity index (χ3v) is 3.83. The van der Waals surface area contributed by atoms with Crippen LogP contribution in [0.3, 0.4) is 0 Å². The van der Waals surface area contributed by atoms with Gasteiger partial charge in [0.15, 0.2) is 5.11 Å². The molecule has 0 spiro atoms. The van der Waals surface area contributed by atoms with Crippen molar-refractivity contribution in [3.63, 3.8) is 0 Å². The van der Waals surface area contributed by atoms with Gasteiger partial charge in [-0.2, -0.15) is 0 Å². The van der Waals surface area contributed by atoms with Crippen LogP contribution in [0.2, 0.25) is 0 Å². The highest BCUT2D eigenvalue weighted by molar-refractivity contribution is 7.80. The lowest BCUT2D eigenvalue weighted by molar-refractivity contribution is -0.384. The molecular weight excluding hydrogens is 300 g/mol. The van der Waals surface area contributed by atoms with Gasteiger partial charge in [0, 0.05) is 49.5 Å². The number of rotatable bonds is 2. The largest absolute Gasteiger partial charge is 0.368 e. The highest BCUT2D eigenvalue weighted by Gasteiger charge is 2.22. The van der Waals surface area contributed by atoms with Crippen LogP contribution in [0, 0.1) is 10.1 Å². The number of hydrogen-bond donors (Lipinski definition) is 1. The fourth-order valence-corrected chi connectivity index (χ4v) is 2.84. The van der Waals surface area contributed by atoms with Crippen molar-refractivity contribution in [2.45, 2.75) is 26.3 Å². The maximum atomic E-state index is 10.7. The first-order chi connectivity index (χ1) is 10.3. The average Bonchev–Trinajstić information content (AvgIpc) is 2.46. The Labute approximate surface area is 136 Å². The lowest BCUT2D eigenvalue weighted by Crippen LogP contribution is -2.55. The predicted molar refractivity (Wildman–Crippen MR) is 92.4 cm³/mol. The van der Waals surface area contributed by atoms with Crippen molar-refractivity contribution in [2.24, 2.45) is 0 Å². The quantitative estimate of drug-likeness (QED) is 0.512.